The minimum absolute atomic E-state index is 0.389. The molecule has 2 aromatic carbocycles. The maximum absolute atomic E-state index is 5.78. The van der Waals surface area contributed by atoms with E-state index in [4.69, 9.17) is 10.5 Å². The molecule has 4 heteroatoms. The molecule has 21 heavy (non-hydrogen) atoms. The second kappa shape index (κ2) is 6.52. The average Bonchev–Trinajstić information content (AvgIpc) is 2.51. The monoisotopic (exact) mass is 300 g/mol. The van der Waals surface area contributed by atoms with Crippen molar-refractivity contribution in [2.45, 2.75) is 29.8 Å². The predicted octanol–water partition coefficient (Wildman–Crippen LogP) is 3.45. The molecule has 0 aromatic heterocycles. The minimum atomic E-state index is 0.389. The van der Waals surface area contributed by atoms with E-state index in [-0.39, 0.29) is 0 Å². The highest BCUT2D eigenvalue weighted by molar-refractivity contribution is 7.97. The van der Waals surface area contributed by atoms with Crippen LogP contribution in [0.3, 0.4) is 0 Å². The van der Waals surface area contributed by atoms with Gasteiger partial charge in [-0.05, 0) is 60.2 Å². The molecule has 2 aromatic rings. The Bertz CT molecular complexity index is 577. The second-order valence-corrected chi connectivity index (χ2v) is 6.31. The Morgan fingerprint density at radius 3 is 2.10 bits per heavy atom. The fraction of sp³-hybridized carbons (Fsp3) is 0.294. The van der Waals surface area contributed by atoms with Crippen LogP contribution in [0.25, 0.3) is 11.1 Å². The molecule has 0 spiro atoms. The maximum atomic E-state index is 5.78. The Balaban J connectivity index is 1.60. The fourth-order valence-electron chi connectivity index (χ4n) is 2.41. The molecular formula is C17H20N2OS. The molecule has 1 aliphatic carbocycles. The van der Waals surface area contributed by atoms with Crippen LogP contribution in [0, 0.1) is 0 Å². The largest absolute Gasteiger partial charge is 0.497 e. The van der Waals surface area contributed by atoms with Crippen molar-refractivity contribution in [1.82, 2.24) is 4.72 Å². The van der Waals surface area contributed by atoms with Crippen LogP contribution in [0.2, 0.25) is 0 Å². The Hall–Kier alpha value is -1.49. The normalized spacial score (nSPS) is 20.9. The van der Waals surface area contributed by atoms with Gasteiger partial charge in [0.15, 0.2) is 0 Å². The smallest absolute Gasteiger partial charge is 0.118 e. The van der Waals surface area contributed by atoms with Crippen LogP contribution in [0.5, 0.6) is 5.75 Å². The number of ether oxygens (including phenoxy) is 1. The molecule has 0 unspecified atom stereocenters. The highest BCUT2D eigenvalue weighted by Crippen LogP contribution is 2.27. The number of rotatable bonds is 5. The second-order valence-electron chi connectivity index (χ2n) is 5.40. The number of nitrogens with two attached hydrogens (primary N) is 1. The van der Waals surface area contributed by atoms with Gasteiger partial charge in [0.25, 0.3) is 0 Å². The van der Waals surface area contributed by atoms with E-state index >= 15 is 0 Å². The quantitative estimate of drug-likeness (QED) is 0.830. The highest BCUT2D eigenvalue weighted by Gasteiger charge is 2.25. The lowest BCUT2D eigenvalue weighted by atomic mass is 9.89. The molecule has 110 valence electrons. The van der Waals surface area contributed by atoms with Crippen molar-refractivity contribution in [3.63, 3.8) is 0 Å². The summed E-state index contributed by atoms with van der Waals surface area (Å²) in [5.74, 6) is 0.883. The maximum Gasteiger partial charge on any atom is 0.118 e. The van der Waals surface area contributed by atoms with Crippen molar-refractivity contribution in [1.29, 1.82) is 0 Å². The first-order chi connectivity index (χ1) is 10.2. The summed E-state index contributed by atoms with van der Waals surface area (Å²) < 4.78 is 8.64. The van der Waals surface area contributed by atoms with Gasteiger partial charge in [0, 0.05) is 17.0 Å². The Morgan fingerprint density at radius 2 is 1.57 bits per heavy atom. The number of nitrogens with one attached hydrogen (secondary N) is 1. The SMILES string of the molecule is COc1ccc(-c2ccc(SNC3CC(N)C3)cc2)cc1. The molecule has 1 aliphatic rings. The van der Waals surface area contributed by atoms with Crippen LogP contribution in [0.15, 0.2) is 53.4 Å². The Labute approximate surface area is 130 Å². The average molecular weight is 300 g/mol. The summed E-state index contributed by atoms with van der Waals surface area (Å²) in [6.45, 7) is 0. The summed E-state index contributed by atoms with van der Waals surface area (Å²) in [5, 5.41) is 0. The molecule has 0 amide bonds. The molecule has 0 aliphatic heterocycles. The minimum Gasteiger partial charge on any atom is -0.497 e. The van der Waals surface area contributed by atoms with Crippen molar-refractivity contribution >= 4 is 11.9 Å². The van der Waals surface area contributed by atoms with Crippen molar-refractivity contribution in [2.75, 3.05) is 7.11 Å². The molecule has 0 heterocycles. The highest BCUT2D eigenvalue weighted by atomic mass is 32.2. The van der Waals surface area contributed by atoms with E-state index in [9.17, 15) is 0 Å². The Kier molecular flexibility index (Phi) is 4.48. The van der Waals surface area contributed by atoms with Crippen LogP contribution in [0.1, 0.15) is 12.8 Å². The number of hydrogen-bond donors (Lipinski definition) is 2. The molecule has 3 nitrogen and oxygen atoms in total. The third kappa shape index (κ3) is 3.59. The summed E-state index contributed by atoms with van der Waals surface area (Å²) in [6.07, 6.45) is 2.16. The van der Waals surface area contributed by atoms with Gasteiger partial charge in [-0.2, -0.15) is 0 Å². The van der Waals surface area contributed by atoms with Crippen molar-refractivity contribution < 1.29 is 4.74 Å². The predicted molar refractivity (Wildman–Crippen MR) is 88.4 cm³/mol. The lowest BCUT2D eigenvalue weighted by molar-refractivity contribution is 0.334. The van der Waals surface area contributed by atoms with E-state index in [1.807, 2.05) is 12.1 Å². The number of hydrogen-bond acceptors (Lipinski definition) is 4. The van der Waals surface area contributed by atoms with Crippen LogP contribution >= 0.6 is 11.9 Å². The van der Waals surface area contributed by atoms with E-state index in [1.165, 1.54) is 16.0 Å². The molecule has 0 atom stereocenters. The van der Waals surface area contributed by atoms with E-state index < -0.39 is 0 Å². The standard InChI is InChI=1S/C17H20N2OS/c1-20-16-6-2-12(3-7-16)13-4-8-17(9-5-13)21-19-15-10-14(18)11-15/h2-9,14-15,19H,10-11,18H2,1H3. The van der Waals surface area contributed by atoms with Gasteiger partial charge in [0.05, 0.1) is 7.11 Å². The van der Waals surface area contributed by atoms with Gasteiger partial charge in [0.2, 0.25) is 0 Å². The lowest BCUT2D eigenvalue weighted by Gasteiger charge is -2.32. The summed E-state index contributed by atoms with van der Waals surface area (Å²) in [7, 11) is 1.68. The van der Waals surface area contributed by atoms with E-state index in [2.05, 4.69) is 41.1 Å². The molecule has 0 radical (unpaired) electrons. The van der Waals surface area contributed by atoms with E-state index in [0.717, 1.165) is 18.6 Å². The summed E-state index contributed by atoms with van der Waals surface area (Å²) in [6, 6.07) is 17.7. The zero-order valence-corrected chi connectivity index (χ0v) is 12.9. The van der Waals surface area contributed by atoms with Crippen molar-refractivity contribution in [3.8, 4) is 16.9 Å². The molecule has 1 saturated carbocycles. The first kappa shape index (κ1) is 14.4. The molecule has 3 rings (SSSR count). The van der Waals surface area contributed by atoms with Crippen LogP contribution in [-0.4, -0.2) is 19.2 Å². The van der Waals surface area contributed by atoms with E-state index in [0.29, 0.717) is 12.1 Å². The van der Waals surface area contributed by atoms with Gasteiger partial charge < -0.3 is 10.5 Å². The molecular weight excluding hydrogens is 280 g/mol. The lowest BCUT2D eigenvalue weighted by Crippen LogP contribution is -2.46. The van der Waals surface area contributed by atoms with Gasteiger partial charge in [0.1, 0.15) is 5.75 Å². The van der Waals surface area contributed by atoms with Gasteiger partial charge in [-0.15, -0.1) is 0 Å². The number of benzene rings is 2. The summed E-state index contributed by atoms with van der Waals surface area (Å²) >= 11 is 1.69. The zero-order valence-electron chi connectivity index (χ0n) is 12.1. The van der Waals surface area contributed by atoms with E-state index in [1.54, 1.807) is 19.1 Å². The van der Waals surface area contributed by atoms with Crippen LogP contribution in [0.4, 0.5) is 0 Å². The topological polar surface area (TPSA) is 47.3 Å². The molecule has 0 bridgehead atoms. The number of methoxy groups -OCH3 is 1. The van der Waals surface area contributed by atoms with Crippen molar-refractivity contribution in [2.24, 2.45) is 5.73 Å². The molecule has 0 saturated heterocycles. The first-order valence-corrected chi connectivity index (χ1v) is 7.98. The third-order valence-electron chi connectivity index (χ3n) is 3.80. The van der Waals surface area contributed by atoms with Gasteiger partial charge in [-0.1, -0.05) is 24.3 Å². The fourth-order valence-corrected chi connectivity index (χ4v) is 3.18. The van der Waals surface area contributed by atoms with Crippen LogP contribution in [-0.2, 0) is 0 Å². The molecule has 3 N–H and O–H groups in total. The van der Waals surface area contributed by atoms with Gasteiger partial charge in [-0.3, -0.25) is 4.72 Å². The Morgan fingerprint density at radius 1 is 1.00 bits per heavy atom. The summed E-state index contributed by atoms with van der Waals surface area (Å²) in [5.41, 5.74) is 8.20. The summed E-state index contributed by atoms with van der Waals surface area (Å²) in [4.78, 5) is 1.23. The van der Waals surface area contributed by atoms with Gasteiger partial charge >= 0.3 is 0 Å². The van der Waals surface area contributed by atoms with Crippen LogP contribution < -0.4 is 15.2 Å². The first-order valence-electron chi connectivity index (χ1n) is 7.17. The van der Waals surface area contributed by atoms with Crippen molar-refractivity contribution in [3.05, 3.63) is 48.5 Å². The molecule has 1 fully saturated rings. The van der Waals surface area contributed by atoms with Gasteiger partial charge in [-0.25, -0.2) is 0 Å². The third-order valence-corrected chi connectivity index (χ3v) is 4.75. The zero-order chi connectivity index (χ0) is 14.7.